The maximum Gasteiger partial charge on any atom is 0.255 e. The molecule has 0 unspecified atom stereocenters. The number of nitrogens with one attached hydrogen (secondary N) is 1. The number of aromatic nitrogens is 4. The van der Waals surface area contributed by atoms with Crippen LogP contribution >= 0.6 is 0 Å². The zero-order valence-corrected chi connectivity index (χ0v) is 16.4. The van der Waals surface area contributed by atoms with Gasteiger partial charge in [-0.05, 0) is 32.3 Å². The summed E-state index contributed by atoms with van der Waals surface area (Å²) < 4.78 is 3.81. The van der Waals surface area contributed by atoms with Crippen LogP contribution in [-0.4, -0.2) is 43.0 Å². The molecule has 146 valence electrons. The van der Waals surface area contributed by atoms with Crippen molar-refractivity contribution >= 4 is 5.91 Å². The van der Waals surface area contributed by atoms with Gasteiger partial charge in [0, 0.05) is 38.9 Å². The van der Waals surface area contributed by atoms with Crippen molar-refractivity contribution in [3.63, 3.8) is 0 Å². The smallest absolute Gasteiger partial charge is 0.255 e. The Kier molecular flexibility index (Phi) is 5.29. The summed E-state index contributed by atoms with van der Waals surface area (Å²) in [6.45, 7) is 5.42. The summed E-state index contributed by atoms with van der Waals surface area (Å²) in [7, 11) is 1.83. The van der Waals surface area contributed by atoms with Crippen molar-refractivity contribution in [1.82, 2.24) is 29.8 Å². The van der Waals surface area contributed by atoms with Crippen molar-refractivity contribution < 1.29 is 4.79 Å². The van der Waals surface area contributed by atoms with E-state index in [1.807, 2.05) is 14.0 Å². The van der Waals surface area contributed by atoms with Gasteiger partial charge in [0.1, 0.15) is 0 Å². The van der Waals surface area contributed by atoms with Crippen LogP contribution in [-0.2, 0) is 26.7 Å². The molecular formula is C20H30N6O. The van der Waals surface area contributed by atoms with Gasteiger partial charge in [0.25, 0.3) is 5.91 Å². The van der Waals surface area contributed by atoms with Gasteiger partial charge < -0.3 is 5.32 Å². The molecular weight excluding hydrogens is 340 g/mol. The average Bonchev–Trinajstić information content (AvgIpc) is 3.15. The van der Waals surface area contributed by atoms with Gasteiger partial charge in [-0.15, -0.1) is 0 Å². The number of carbonyl (C=O) groups is 1. The van der Waals surface area contributed by atoms with Crippen LogP contribution in [0.1, 0.15) is 66.0 Å². The Balaban J connectivity index is 1.40. The van der Waals surface area contributed by atoms with Gasteiger partial charge in [0.2, 0.25) is 0 Å². The maximum atomic E-state index is 12.4. The molecule has 1 saturated carbocycles. The quantitative estimate of drug-likeness (QED) is 0.897. The summed E-state index contributed by atoms with van der Waals surface area (Å²) in [6.07, 6.45) is 9.70. The molecule has 3 heterocycles. The van der Waals surface area contributed by atoms with E-state index in [4.69, 9.17) is 5.10 Å². The highest BCUT2D eigenvalue weighted by molar-refractivity contribution is 5.94. The van der Waals surface area contributed by atoms with Crippen molar-refractivity contribution in [1.29, 1.82) is 0 Å². The van der Waals surface area contributed by atoms with E-state index >= 15 is 0 Å². The molecule has 0 radical (unpaired) electrons. The first-order valence-electron chi connectivity index (χ1n) is 10.2. The van der Waals surface area contributed by atoms with E-state index in [0.717, 1.165) is 36.9 Å². The van der Waals surface area contributed by atoms with Crippen molar-refractivity contribution in [2.75, 3.05) is 6.54 Å². The number of fused-ring (bicyclic) bond motifs is 1. The third kappa shape index (κ3) is 4.08. The van der Waals surface area contributed by atoms with Crippen LogP contribution in [0.2, 0.25) is 0 Å². The molecule has 2 aromatic heterocycles. The summed E-state index contributed by atoms with van der Waals surface area (Å²) in [5, 5.41) is 12.0. The Hall–Kier alpha value is -2.15. The molecule has 7 heteroatoms. The summed E-state index contributed by atoms with van der Waals surface area (Å²) >= 11 is 0. The second kappa shape index (κ2) is 7.84. The fourth-order valence-electron chi connectivity index (χ4n) is 4.48. The predicted molar refractivity (Wildman–Crippen MR) is 103 cm³/mol. The van der Waals surface area contributed by atoms with Gasteiger partial charge in [-0.3, -0.25) is 19.1 Å². The minimum atomic E-state index is -0.0902. The molecule has 0 bridgehead atoms. The topological polar surface area (TPSA) is 68.0 Å². The third-order valence-corrected chi connectivity index (χ3v) is 5.87. The average molecular weight is 371 g/mol. The summed E-state index contributed by atoms with van der Waals surface area (Å²) in [5.74, 6) is -0.0902. The highest BCUT2D eigenvalue weighted by atomic mass is 16.1. The number of aryl methyl sites for hydroxylation is 3. The molecule has 1 fully saturated rings. The summed E-state index contributed by atoms with van der Waals surface area (Å²) in [4.78, 5) is 15.1. The molecule has 0 saturated heterocycles. The fraction of sp³-hybridized carbons (Fsp3) is 0.650. The largest absolute Gasteiger partial charge is 0.346 e. The van der Waals surface area contributed by atoms with Crippen LogP contribution < -0.4 is 5.32 Å². The Morgan fingerprint density at radius 1 is 1.19 bits per heavy atom. The molecule has 0 spiro atoms. The van der Waals surface area contributed by atoms with Crippen LogP contribution in [0, 0.1) is 6.92 Å². The van der Waals surface area contributed by atoms with Gasteiger partial charge >= 0.3 is 0 Å². The van der Waals surface area contributed by atoms with Gasteiger partial charge in [0.05, 0.1) is 29.2 Å². The lowest BCUT2D eigenvalue weighted by Gasteiger charge is -2.33. The molecule has 1 N–H and O–H groups in total. The fourth-order valence-corrected chi connectivity index (χ4v) is 4.48. The predicted octanol–water partition coefficient (Wildman–Crippen LogP) is 2.39. The molecule has 7 nitrogen and oxygen atoms in total. The van der Waals surface area contributed by atoms with Crippen molar-refractivity contribution in [3.8, 4) is 0 Å². The Morgan fingerprint density at radius 3 is 2.74 bits per heavy atom. The molecule has 0 atom stereocenters. The lowest BCUT2D eigenvalue weighted by Crippen LogP contribution is -2.36. The highest BCUT2D eigenvalue weighted by Crippen LogP contribution is 2.26. The normalized spacial score (nSPS) is 18.9. The van der Waals surface area contributed by atoms with Crippen LogP contribution in [0.4, 0.5) is 0 Å². The first-order valence-corrected chi connectivity index (χ1v) is 10.2. The molecule has 2 aliphatic rings. The van der Waals surface area contributed by atoms with E-state index in [2.05, 4.69) is 26.1 Å². The van der Waals surface area contributed by atoms with Gasteiger partial charge in [-0.2, -0.15) is 10.2 Å². The third-order valence-electron chi connectivity index (χ3n) is 5.87. The zero-order valence-electron chi connectivity index (χ0n) is 16.4. The van der Waals surface area contributed by atoms with Gasteiger partial charge in [-0.1, -0.05) is 19.3 Å². The maximum absolute atomic E-state index is 12.4. The Bertz CT molecular complexity index is 801. The molecule has 0 aromatic carbocycles. The van der Waals surface area contributed by atoms with Crippen LogP contribution in [0.25, 0.3) is 0 Å². The number of hydrogen-bond donors (Lipinski definition) is 1. The number of nitrogens with zero attached hydrogens (tertiary/aromatic N) is 5. The molecule has 1 aliphatic heterocycles. The van der Waals surface area contributed by atoms with Gasteiger partial charge in [0.15, 0.2) is 0 Å². The van der Waals surface area contributed by atoms with Crippen LogP contribution in [0.3, 0.4) is 0 Å². The number of amides is 1. The zero-order chi connectivity index (χ0) is 18.8. The van der Waals surface area contributed by atoms with Crippen molar-refractivity contribution in [3.05, 3.63) is 34.9 Å². The van der Waals surface area contributed by atoms with Crippen molar-refractivity contribution in [2.45, 2.75) is 71.1 Å². The lowest BCUT2D eigenvalue weighted by molar-refractivity contribution is 0.0949. The second-order valence-electron chi connectivity index (χ2n) is 7.95. The summed E-state index contributed by atoms with van der Waals surface area (Å²) in [5.41, 5.74) is 3.59. The standard InChI is InChI=1S/C20H30N6O/c1-15-19(14-24(2)22-15)20(27)21-12-16-11-18-13-25(9-6-10-26(18)23-16)17-7-4-3-5-8-17/h11,14,17H,3-10,12-13H2,1-2H3,(H,21,27). The number of carbonyl (C=O) groups excluding carboxylic acids is 1. The Labute approximate surface area is 160 Å². The second-order valence-corrected chi connectivity index (χ2v) is 7.95. The van der Waals surface area contributed by atoms with Crippen LogP contribution in [0.5, 0.6) is 0 Å². The monoisotopic (exact) mass is 370 g/mol. The number of rotatable bonds is 4. The Morgan fingerprint density at radius 2 is 2.00 bits per heavy atom. The van der Waals surface area contributed by atoms with E-state index in [1.165, 1.54) is 44.3 Å². The first-order chi connectivity index (χ1) is 13.1. The molecule has 4 rings (SSSR count). The van der Waals surface area contributed by atoms with E-state index < -0.39 is 0 Å². The number of hydrogen-bond acceptors (Lipinski definition) is 4. The minimum Gasteiger partial charge on any atom is -0.346 e. The lowest BCUT2D eigenvalue weighted by atomic mass is 9.94. The van der Waals surface area contributed by atoms with E-state index in [1.54, 1.807) is 10.9 Å². The summed E-state index contributed by atoms with van der Waals surface area (Å²) in [6, 6.07) is 2.90. The van der Waals surface area contributed by atoms with Crippen LogP contribution in [0.15, 0.2) is 12.3 Å². The molecule has 1 amide bonds. The van der Waals surface area contributed by atoms with Gasteiger partial charge in [-0.25, -0.2) is 0 Å². The SMILES string of the molecule is Cc1nn(C)cc1C(=O)NCc1cc2n(n1)CCCN(C1CCCCC1)C2. The first kappa shape index (κ1) is 18.2. The molecule has 2 aromatic rings. The molecule has 1 aliphatic carbocycles. The van der Waals surface area contributed by atoms with E-state index in [0.29, 0.717) is 12.1 Å². The molecule has 27 heavy (non-hydrogen) atoms. The minimum absolute atomic E-state index is 0.0902. The van der Waals surface area contributed by atoms with E-state index in [-0.39, 0.29) is 5.91 Å². The van der Waals surface area contributed by atoms with E-state index in [9.17, 15) is 4.79 Å². The van der Waals surface area contributed by atoms with Crippen molar-refractivity contribution in [2.24, 2.45) is 7.05 Å². The highest BCUT2D eigenvalue weighted by Gasteiger charge is 2.24.